The van der Waals surface area contributed by atoms with Gasteiger partial charge in [0.15, 0.2) is 5.82 Å². The minimum atomic E-state index is 0.919. The fourth-order valence-electron chi connectivity index (χ4n) is 2.54. The highest BCUT2D eigenvalue weighted by Gasteiger charge is 2.06. The summed E-state index contributed by atoms with van der Waals surface area (Å²) >= 11 is 0. The fraction of sp³-hybridized carbons (Fsp3) is 0.222. The Hall–Kier alpha value is -2.42. The molecule has 0 spiro atoms. The maximum Gasteiger partial charge on any atom is 0.158 e. The topological polar surface area (TPSA) is 29.0 Å². The van der Waals surface area contributed by atoms with Gasteiger partial charge in [0.1, 0.15) is 0 Å². The van der Waals surface area contributed by atoms with E-state index in [1.807, 2.05) is 25.2 Å². The monoisotopic (exact) mass is 277 g/mol. The number of hydrogen-bond acceptors (Lipinski definition) is 3. The Kier molecular flexibility index (Phi) is 3.82. The van der Waals surface area contributed by atoms with Crippen LogP contribution in [-0.4, -0.2) is 24.3 Å². The van der Waals surface area contributed by atoms with Crippen molar-refractivity contribution in [3.05, 3.63) is 65.9 Å². The highest BCUT2D eigenvalue weighted by molar-refractivity contribution is 5.91. The van der Waals surface area contributed by atoms with Gasteiger partial charge in [0, 0.05) is 24.9 Å². The maximum absolute atomic E-state index is 4.21. The normalized spacial score (nSPS) is 10.8. The van der Waals surface area contributed by atoms with Crippen molar-refractivity contribution >= 4 is 16.6 Å². The zero-order valence-electron chi connectivity index (χ0n) is 12.5. The van der Waals surface area contributed by atoms with Crippen LogP contribution in [0.2, 0.25) is 0 Å². The van der Waals surface area contributed by atoms with Gasteiger partial charge in [-0.2, -0.15) is 5.10 Å². The standard InChI is InChI=1S/C18H19N3/c1-21(2)18-17-11-10-15(12-16(17)13-19-20-18)9-8-14-6-4-3-5-7-14/h3-7,10-13H,8-9H2,1-2H3. The van der Waals surface area contributed by atoms with E-state index in [-0.39, 0.29) is 0 Å². The van der Waals surface area contributed by atoms with Crippen LogP contribution >= 0.6 is 0 Å². The first kappa shape index (κ1) is 13.6. The summed E-state index contributed by atoms with van der Waals surface area (Å²) in [5.74, 6) is 0.919. The molecule has 3 rings (SSSR count). The lowest BCUT2D eigenvalue weighted by Crippen LogP contribution is -2.11. The van der Waals surface area contributed by atoms with Gasteiger partial charge < -0.3 is 4.90 Å². The molecule has 0 unspecified atom stereocenters. The lowest BCUT2D eigenvalue weighted by Gasteiger charge is -2.13. The van der Waals surface area contributed by atoms with Gasteiger partial charge in [-0.05, 0) is 30.0 Å². The van der Waals surface area contributed by atoms with Crippen LogP contribution in [-0.2, 0) is 12.8 Å². The van der Waals surface area contributed by atoms with E-state index in [0.29, 0.717) is 0 Å². The Morgan fingerprint density at radius 2 is 1.67 bits per heavy atom. The second-order valence-electron chi connectivity index (χ2n) is 5.47. The maximum atomic E-state index is 4.21. The molecule has 3 heteroatoms. The van der Waals surface area contributed by atoms with E-state index in [9.17, 15) is 0 Å². The molecule has 1 heterocycles. The van der Waals surface area contributed by atoms with E-state index in [0.717, 1.165) is 29.4 Å². The van der Waals surface area contributed by atoms with Gasteiger partial charge in [-0.1, -0.05) is 42.5 Å². The van der Waals surface area contributed by atoms with Crippen LogP contribution in [0.1, 0.15) is 11.1 Å². The first-order valence-electron chi connectivity index (χ1n) is 7.19. The third-order valence-corrected chi connectivity index (χ3v) is 3.67. The number of aryl methyl sites for hydroxylation is 2. The highest BCUT2D eigenvalue weighted by atomic mass is 15.2. The Morgan fingerprint density at radius 1 is 0.905 bits per heavy atom. The zero-order chi connectivity index (χ0) is 14.7. The van der Waals surface area contributed by atoms with Crippen LogP contribution in [0, 0.1) is 0 Å². The van der Waals surface area contributed by atoms with Crippen molar-refractivity contribution in [2.24, 2.45) is 0 Å². The van der Waals surface area contributed by atoms with Crippen LogP contribution in [0.15, 0.2) is 54.7 Å². The molecule has 0 aliphatic rings. The van der Waals surface area contributed by atoms with Gasteiger partial charge >= 0.3 is 0 Å². The molecule has 3 nitrogen and oxygen atoms in total. The summed E-state index contributed by atoms with van der Waals surface area (Å²) in [6, 6.07) is 17.2. The number of anilines is 1. The van der Waals surface area contributed by atoms with Crippen molar-refractivity contribution in [3.63, 3.8) is 0 Å². The molecular weight excluding hydrogens is 258 g/mol. The lowest BCUT2D eigenvalue weighted by molar-refractivity contribution is 0.958. The molecule has 0 atom stereocenters. The Labute approximate surface area is 125 Å². The molecule has 0 aliphatic carbocycles. The van der Waals surface area contributed by atoms with Crippen LogP contribution in [0.3, 0.4) is 0 Å². The van der Waals surface area contributed by atoms with Crippen LogP contribution in [0.4, 0.5) is 5.82 Å². The Morgan fingerprint density at radius 3 is 2.43 bits per heavy atom. The molecule has 0 amide bonds. The third kappa shape index (κ3) is 3.02. The number of benzene rings is 2. The predicted molar refractivity (Wildman–Crippen MR) is 87.7 cm³/mol. The average Bonchev–Trinajstić information content (AvgIpc) is 2.53. The molecule has 21 heavy (non-hydrogen) atoms. The molecule has 0 bridgehead atoms. The first-order valence-corrected chi connectivity index (χ1v) is 7.19. The van der Waals surface area contributed by atoms with Crippen LogP contribution < -0.4 is 4.90 Å². The molecule has 0 N–H and O–H groups in total. The smallest absolute Gasteiger partial charge is 0.158 e. The highest BCUT2D eigenvalue weighted by Crippen LogP contribution is 2.23. The molecule has 0 fully saturated rings. The number of fused-ring (bicyclic) bond motifs is 1. The third-order valence-electron chi connectivity index (χ3n) is 3.67. The summed E-state index contributed by atoms with van der Waals surface area (Å²) < 4.78 is 0. The van der Waals surface area contributed by atoms with Gasteiger partial charge in [0.05, 0.1) is 6.20 Å². The number of aromatic nitrogens is 2. The van der Waals surface area contributed by atoms with Gasteiger partial charge in [-0.15, -0.1) is 5.10 Å². The van der Waals surface area contributed by atoms with E-state index in [1.54, 1.807) is 0 Å². The van der Waals surface area contributed by atoms with Gasteiger partial charge in [0.2, 0.25) is 0 Å². The summed E-state index contributed by atoms with van der Waals surface area (Å²) in [5.41, 5.74) is 2.71. The largest absolute Gasteiger partial charge is 0.361 e. The van der Waals surface area contributed by atoms with E-state index in [1.165, 1.54) is 11.1 Å². The SMILES string of the molecule is CN(C)c1nncc2cc(CCc3ccccc3)ccc12. The van der Waals surface area contributed by atoms with E-state index in [4.69, 9.17) is 0 Å². The molecule has 0 radical (unpaired) electrons. The molecule has 106 valence electrons. The quantitative estimate of drug-likeness (QED) is 0.731. The van der Waals surface area contributed by atoms with Crippen LogP contribution in [0.25, 0.3) is 10.8 Å². The number of rotatable bonds is 4. The molecule has 2 aromatic carbocycles. The van der Waals surface area contributed by atoms with Gasteiger partial charge in [0.25, 0.3) is 0 Å². The lowest BCUT2D eigenvalue weighted by atomic mass is 10.0. The first-order chi connectivity index (χ1) is 10.2. The molecule has 0 saturated heterocycles. The molecule has 3 aromatic rings. The van der Waals surface area contributed by atoms with Crippen molar-refractivity contribution in [2.75, 3.05) is 19.0 Å². The number of hydrogen-bond donors (Lipinski definition) is 0. The summed E-state index contributed by atoms with van der Waals surface area (Å²) in [4.78, 5) is 2.00. The number of nitrogens with zero attached hydrogens (tertiary/aromatic N) is 3. The van der Waals surface area contributed by atoms with E-state index < -0.39 is 0 Å². The van der Waals surface area contributed by atoms with Crippen molar-refractivity contribution in [1.82, 2.24) is 10.2 Å². The van der Waals surface area contributed by atoms with Crippen molar-refractivity contribution in [1.29, 1.82) is 0 Å². The van der Waals surface area contributed by atoms with E-state index >= 15 is 0 Å². The zero-order valence-corrected chi connectivity index (χ0v) is 12.5. The van der Waals surface area contributed by atoms with Crippen LogP contribution in [0.5, 0.6) is 0 Å². The van der Waals surface area contributed by atoms with Gasteiger partial charge in [-0.3, -0.25) is 0 Å². The second kappa shape index (κ2) is 5.92. The van der Waals surface area contributed by atoms with Crippen molar-refractivity contribution in [2.45, 2.75) is 12.8 Å². The average molecular weight is 277 g/mol. The fourth-order valence-corrected chi connectivity index (χ4v) is 2.54. The van der Waals surface area contributed by atoms with Gasteiger partial charge in [-0.25, -0.2) is 0 Å². The Balaban J connectivity index is 1.85. The van der Waals surface area contributed by atoms with Crippen molar-refractivity contribution in [3.8, 4) is 0 Å². The second-order valence-corrected chi connectivity index (χ2v) is 5.47. The van der Waals surface area contributed by atoms with E-state index in [2.05, 4.69) is 58.7 Å². The Bertz CT molecular complexity index is 736. The predicted octanol–water partition coefficient (Wildman–Crippen LogP) is 3.48. The molecule has 0 aliphatic heterocycles. The summed E-state index contributed by atoms with van der Waals surface area (Å²) in [6.07, 6.45) is 3.94. The summed E-state index contributed by atoms with van der Waals surface area (Å²) in [7, 11) is 3.99. The molecule has 1 aromatic heterocycles. The summed E-state index contributed by atoms with van der Waals surface area (Å²) in [5, 5.41) is 10.6. The molecule has 0 saturated carbocycles. The van der Waals surface area contributed by atoms with Crippen molar-refractivity contribution < 1.29 is 0 Å². The molecular formula is C18H19N3. The minimum absolute atomic E-state index is 0.919. The summed E-state index contributed by atoms with van der Waals surface area (Å²) in [6.45, 7) is 0. The minimum Gasteiger partial charge on any atom is -0.361 e.